The molecule has 21 heavy (non-hydrogen) atoms. The number of carbonyl (C=O) groups is 1. The zero-order valence-corrected chi connectivity index (χ0v) is 12.5. The van der Waals surface area contributed by atoms with Crippen molar-refractivity contribution >= 4 is 11.7 Å². The van der Waals surface area contributed by atoms with E-state index >= 15 is 0 Å². The molecule has 2 fully saturated rings. The van der Waals surface area contributed by atoms with Crippen LogP contribution in [0.5, 0.6) is 0 Å². The number of nitrogens with zero attached hydrogens (tertiary/aromatic N) is 3. The van der Waals surface area contributed by atoms with Crippen molar-refractivity contribution in [1.82, 2.24) is 20.6 Å². The highest BCUT2D eigenvalue weighted by Crippen LogP contribution is 2.18. The lowest BCUT2D eigenvalue weighted by Crippen LogP contribution is -2.55. The lowest BCUT2D eigenvalue weighted by atomic mass is 10.00. The molecule has 0 aliphatic carbocycles. The molecule has 3 rings (SSSR count). The number of hydrogen-bond acceptors (Lipinski definition) is 5. The quantitative estimate of drug-likeness (QED) is 0.836. The summed E-state index contributed by atoms with van der Waals surface area (Å²) in [6.45, 7) is 5.56. The molecule has 6 nitrogen and oxygen atoms in total. The lowest BCUT2D eigenvalue weighted by molar-refractivity contribution is -0.127. The van der Waals surface area contributed by atoms with Gasteiger partial charge < -0.3 is 15.5 Å². The molecule has 0 saturated carbocycles. The molecule has 0 bridgehead atoms. The first kappa shape index (κ1) is 14.3. The van der Waals surface area contributed by atoms with Crippen LogP contribution in [0.4, 0.5) is 5.82 Å². The minimum Gasteiger partial charge on any atom is -0.354 e. The summed E-state index contributed by atoms with van der Waals surface area (Å²) in [6, 6.07) is 2.28. The maximum absolute atomic E-state index is 12.0. The molecule has 2 N–H and O–H groups in total. The Labute approximate surface area is 125 Å². The Morgan fingerprint density at radius 1 is 1.48 bits per heavy atom. The van der Waals surface area contributed by atoms with Crippen LogP contribution >= 0.6 is 0 Å². The van der Waals surface area contributed by atoms with Crippen LogP contribution < -0.4 is 15.5 Å². The van der Waals surface area contributed by atoms with E-state index in [4.69, 9.17) is 0 Å². The van der Waals surface area contributed by atoms with Crippen LogP contribution in [0.15, 0.2) is 12.4 Å². The van der Waals surface area contributed by atoms with E-state index in [0.29, 0.717) is 0 Å². The zero-order chi connectivity index (χ0) is 14.7. The Balaban J connectivity index is 1.60. The molecule has 2 aliphatic rings. The van der Waals surface area contributed by atoms with Crippen molar-refractivity contribution in [3.63, 3.8) is 0 Å². The van der Waals surface area contributed by atoms with Crippen molar-refractivity contribution in [2.24, 2.45) is 5.92 Å². The number of nitrogens with one attached hydrogen (secondary N) is 2. The molecule has 2 aliphatic heterocycles. The van der Waals surface area contributed by atoms with E-state index in [9.17, 15) is 4.79 Å². The summed E-state index contributed by atoms with van der Waals surface area (Å²) in [7, 11) is 0. The number of aryl methyl sites for hydroxylation is 1. The predicted octanol–water partition coefficient (Wildman–Crippen LogP) is 0.343. The maximum Gasteiger partial charge on any atom is 0.225 e. The average molecular weight is 289 g/mol. The van der Waals surface area contributed by atoms with Gasteiger partial charge in [-0.25, -0.2) is 9.97 Å². The predicted molar refractivity (Wildman–Crippen MR) is 81.1 cm³/mol. The van der Waals surface area contributed by atoms with E-state index in [2.05, 4.69) is 38.5 Å². The van der Waals surface area contributed by atoms with Gasteiger partial charge in [0, 0.05) is 44.0 Å². The highest BCUT2D eigenvalue weighted by atomic mass is 16.2. The Morgan fingerprint density at radius 3 is 3.05 bits per heavy atom. The normalized spacial score (nSPS) is 22.7. The molecule has 1 aromatic rings. The molecular formula is C15H23N5O. The van der Waals surface area contributed by atoms with Crippen LogP contribution in [0.1, 0.15) is 25.5 Å². The first-order valence-electron chi connectivity index (χ1n) is 7.83. The van der Waals surface area contributed by atoms with Crippen LogP contribution in [0.25, 0.3) is 0 Å². The zero-order valence-electron chi connectivity index (χ0n) is 12.5. The van der Waals surface area contributed by atoms with Crippen molar-refractivity contribution in [3.05, 3.63) is 18.1 Å². The number of hydrogen-bond donors (Lipinski definition) is 2. The number of aromatic nitrogens is 2. The number of amides is 1. The van der Waals surface area contributed by atoms with E-state index in [1.807, 2.05) is 0 Å². The van der Waals surface area contributed by atoms with Crippen molar-refractivity contribution in [2.45, 2.75) is 32.2 Å². The highest BCUT2D eigenvalue weighted by Gasteiger charge is 2.28. The van der Waals surface area contributed by atoms with Gasteiger partial charge in [0.15, 0.2) is 0 Å². The van der Waals surface area contributed by atoms with Gasteiger partial charge in [-0.05, 0) is 19.3 Å². The molecule has 114 valence electrons. The summed E-state index contributed by atoms with van der Waals surface area (Å²) < 4.78 is 0. The topological polar surface area (TPSA) is 70.2 Å². The van der Waals surface area contributed by atoms with Crippen LogP contribution in [0.3, 0.4) is 0 Å². The van der Waals surface area contributed by atoms with Gasteiger partial charge in [0.2, 0.25) is 5.91 Å². The van der Waals surface area contributed by atoms with Gasteiger partial charge in [-0.15, -0.1) is 0 Å². The SMILES string of the molecule is CCc1cc(N2CCCC(NC(=O)C3CNC3)C2)ncn1. The molecule has 0 spiro atoms. The van der Waals surface area contributed by atoms with E-state index in [-0.39, 0.29) is 17.9 Å². The number of anilines is 1. The van der Waals surface area contributed by atoms with Crippen molar-refractivity contribution in [1.29, 1.82) is 0 Å². The first-order chi connectivity index (χ1) is 10.3. The second-order valence-corrected chi connectivity index (χ2v) is 5.87. The number of rotatable bonds is 4. The van der Waals surface area contributed by atoms with Gasteiger partial charge in [0.25, 0.3) is 0 Å². The molecule has 1 atom stereocenters. The fourth-order valence-corrected chi connectivity index (χ4v) is 2.85. The van der Waals surface area contributed by atoms with Gasteiger partial charge in [0.05, 0.1) is 5.92 Å². The van der Waals surface area contributed by atoms with Gasteiger partial charge >= 0.3 is 0 Å². The van der Waals surface area contributed by atoms with Crippen molar-refractivity contribution < 1.29 is 4.79 Å². The van der Waals surface area contributed by atoms with Gasteiger partial charge in [-0.1, -0.05) is 6.92 Å². The summed E-state index contributed by atoms with van der Waals surface area (Å²) in [4.78, 5) is 22.9. The van der Waals surface area contributed by atoms with E-state index in [0.717, 1.165) is 57.0 Å². The molecule has 2 saturated heterocycles. The first-order valence-corrected chi connectivity index (χ1v) is 7.83. The Hall–Kier alpha value is -1.69. The third-order valence-electron chi connectivity index (χ3n) is 4.32. The third kappa shape index (κ3) is 3.32. The minimum absolute atomic E-state index is 0.158. The summed E-state index contributed by atoms with van der Waals surface area (Å²) >= 11 is 0. The van der Waals surface area contributed by atoms with Crippen molar-refractivity contribution in [3.8, 4) is 0 Å². The monoisotopic (exact) mass is 289 g/mol. The summed E-state index contributed by atoms with van der Waals surface area (Å²) in [5.41, 5.74) is 1.06. The molecule has 0 aromatic carbocycles. The Morgan fingerprint density at radius 2 is 2.33 bits per heavy atom. The van der Waals surface area contributed by atoms with Crippen molar-refractivity contribution in [2.75, 3.05) is 31.1 Å². The molecule has 1 aromatic heterocycles. The molecular weight excluding hydrogens is 266 g/mol. The fraction of sp³-hybridized carbons (Fsp3) is 0.667. The molecule has 3 heterocycles. The van der Waals surface area contributed by atoms with Crippen LogP contribution in [-0.2, 0) is 11.2 Å². The van der Waals surface area contributed by atoms with Crippen LogP contribution in [-0.4, -0.2) is 48.1 Å². The minimum atomic E-state index is 0.158. The standard InChI is InChI=1S/C15H23N5O/c1-2-12-6-14(18-10-17-12)20-5-3-4-13(9-20)19-15(21)11-7-16-8-11/h6,10-11,13,16H,2-5,7-9H2,1H3,(H,19,21). The van der Waals surface area contributed by atoms with E-state index in [1.54, 1.807) is 6.33 Å². The molecule has 1 unspecified atom stereocenters. The van der Waals surface area contributed by atoms with E-state index < -0.39 is 0 Å². The summed E-state index contributed by atoms with van der Waals surface area (Å²) in [5, 5.41) is 6.32. The molecule has 1 amide bonds. The fourth-order valence-electron chi connectivity index (χ4n) is 2.85. The maximum atomic E-state index is 12.0. The second kappa shape index (κ2) is 6.39. The summed E-state index contributed by atoms with van der Waals surface area (Å²) in [6.07, 6.45) is 4.68. The highest BCUT2D eigenvalue weighted by molar-refractivity contribution is 5.80. The second-order valence-electron chi connectivity index (χ2n) is 5.87. The number of carbonyl (C=O) groups excluding carboxylic acids is 1. The summed E-state index contributed by atoms with van der Waals surface area (Å²) in [5.74, 6) is 1.33. The largest absolute Gasteiger partial charge is 0.354 e. The smallest absolute Gasteiger partial charge is 0.225 e. The third-order valence-corrected chi connectivity index (χ3v) is 4.32. The lowest BCUT2D eigenvalue weighted by Gasteiger charge is -2.35. The Kier molecular flexibility index (Phi) is 4.34. The van der Waals surface area contributed by atoms with E-state index in [1.165, 1.54) is 0 Å². The number of piperidine rings is 1. The van der Waals surface area contributed by atoms with Crippen LogP contribution in [0, 0.1) is 5.92 Å². The van der Waals surface area contributed by atoms with Gasteiger partial charge in [0.1, 0.15) is 12.1 Å². The molecule has 6 heteroatoms. The van der Waals surface area contributed by atoms with Gasteiger partial charge in [-0.3, -0.25) is 4.79 Å². The van der Waals surface area contributed by atoms with Crippen LogP contribution in [0.2, 0.25) is 0 Å². The Bertz CT molecular complexity index is 503. The average Bonchev–Trinajstić information content (AvgIpc) is 2.45. The van der Waals surface area contributed by atoms with Gasteiger partial charge in [-0.2, -0.15) is 0 Å². The molecule has 0 radical (unpaired) electrons.